The fraction of sp³-hybridized carbons (Fsp3) is 0.682. The molecular formula is C22H41N7O11+2. The SMILES string of the molecule is C[C@H](NC(=O)[C@H](CC(=O)O)NC(=O)[C@H](CCCC[NH3+])NC(=O)[C@H](CO)NC(=O)[C@H](C)NC(=O)[C@@H]([NH3+])CO)C(=O)O. The van der Waals surface area contributed by atoms with E-state index in [0.717, 1.165) is 6.92 Å². The molecule has 0 radical (unpaired) electrons. The number of aliphatic hydroxyl groups excluding tert-OH is 2. The minimum Gasteiger partial charge on any atom is -0.481 e. The number of carbonyl (C=O) groups is 7. The second-order valence-corrected chi connectivity index (χ2v) is 8.99. The number of aliphatic hydroxyl groups is 2. The zero-order valence-corrected chi connectivity index (χ0v) is 22.5. The van der Waals surface area contributed by atoms with Crippen LogP contribution >= 0.6 is 0 Å². The van der Waals surface area contributed by atoms with Crippen molar-refractivity contribution in [1.29, 1.82) is 0 Å². The summed E-state index contributed by atoms with van der Waals surface area (Å²) >= 11 is 0. The number of aliphatic carboxylic acids is 2. The lowest BCUT2D eigenvalue weighted by atomic mass is 10.1. The van der Waals surface area contributed by atoms with Crippen LogP contribution in [-0.2, 0) is 33.6 Å². The van der Waals surface area contributed by atoms with Gasteiger partial charge in [-0.1, -0.05) is 0 Å². The molecule has 0 rings (SSSR count). The van der Waals surface area contributed by atoms with Gasteiger partial charge in [0.15, 0.2) is 6.04 Å². The second-order valence-electron chi connectivity index (χ2n) is 8.99. The van der Waals surface area contributed by atoms with Gasteiger partial charge in [0.25, 0.3) is 5.91 Å². The molecule has 0 fully saturated rings. The van der Waals surface area contributed by atoms with Gasteiger partial charge >= 0.3 is 11.9 Å². The molecule has 0 aliphatic heterocycles. The van der Waals surface area contributed by atoms with Crippen molar-refractivity contribution in [2.45, 2.75) is 75.8 Å². The summed E-state index contributed by atoms with van der Waals surface area (Å²) in [5, 5.41) is 47.9. The van der Waals surface area contributed by atoms with Gasteiger partial charge in [0, 0.05) is 0 Å². The highest BCUT2D eigenvalue weighted by atomic mass is 16.4. The van der Waals surface area contributed by atoms with Gasteiger partial charge in [0.2, 0.25) is 23.6 Å². The van der Waals surface area contributed by atoms with Crippen molar-refractivity contribution in [3.05, 3.63) is 0 Å². The Bertz CT molecular complexity index is 918. The van der Waals surface area contributed by atoms with E-state index in [1.54, 1.807) is 0 Å². The number of amides is 5. The molecule has 40 heavy (non-hydrogen) atoms. The molecular weight excluding hydrogens is 538 g/mol. The highest BCUT2D eigenvalue weighted by Crippen LogP contribution is 2.04. The third kappa shape index (κ3) is 13.3. The van der Waals surface area contributed by atoms with Crippen molar-refractivity contribution in [3.8, 4) is 0 Å². The summed E-state index contributed by atoms with van der Waals surface area (Å²) in [4.78, 5) is 84.8. The summed E-state index contributed by atoms with van der Waals surface area (Å²) in [7, 11) is 0. The molecule has 0 saturated carbocycles. The zero-order chi connectivity index (χ0) is 31.0. The normalized spacial score (nSPS) is 15.2. The maximum atomic E-state index is 13.0. The Morgan fingerprint density at radius 2 is 1.15 bits per heavy atom. The molecule has 0 aromatic carbocycles. The van der Waals surface area contributed by atoms with Gasteiger partial charge in [0.1, 0.15) is 36.8 Å². The molecule has 15 N–H and O–H groups in total. The molecule has 6 atom stereocenters. The molecule has 0 saturated heterocycles. The lowest BCUT2D eigenvalue weighted by Gasteiger charge is -2.25. The van der Waals surface area contributed by atoms with Crippen LogP contribution in [0, 0.1) is 0 Å². The first-order valence-corrected chi connectivity index (χ1v) is 12.5. The lowest BCUT2D eigenvalue weighted by molar-refractivity contribution is -0.409. The Labute approximate surface area is 229 Å². The van der Waals surface area contributed by atoms with Crippen LogP contribution < -0.4 is 38.1 Å². The van der Waals surface area contributed by atoms with Crippen LogP contribution in [0.4, 0.5) is 0 Å². The van der Waals surface area contributed by atoms with E-state index in [0.29, 0.717) is 19.4 Å². The van der Waals surface area contributed by atoms with E-state index in [9.17, 15) is 38.7 Å². The van der Waals surface area contributed by atoms with E-state index >= 15 is 0 Å². The number of unbranched alkanes of at least 4 members (excludes halogenated alkanes) is 1. The third-order valence-electron chi connectivity index (χ3n) is 5.53. The maximum absolute atomic E-state index is 13.0. The van der Waals surface area contributed by atoms with Gasteiger partial charge < -0.3 is 58.5 Å². The van der Waals surface area contributed by atoms with Crippen molar-refractivity contribution < 1.29 is 65.5 Å². The van der Waals surface area contributed by atoms with Crippen LogP contribution in [0.5, 0.6) is 0 Å². The fourth-order valence-corrected chi connectivity index (χ4v) is 3.07. The molecule has 0 aromatic rings. The van der Waals surface area contributed by atoms with Gasteiger partial charge in [0.05, 0.1) is 19.6 Å². The van der Waals surface area contributed by atoms with Gasteiger partial charge in [-0.3, -0.25) is 33.6 Å². The highest BCUT2D eigenvalue weighted by molar-refractivity contribution is 5.97. The van der Waals surface area contributed by atoms with Crippen LogP contribution in [0.15, 0.2) is 0 Å². The maximum Gasteiger partial charge on any atom is 0.325 e. The zero-order valence-electron chi connectivity index (χ0n) is 22.5. The summed E-state index contributed by atoms with van der Waals surface area (Å²) in [6.45, 7) is 1.48. The van der Waals surface area contributed by atoms with Crippen LogP contribution in [-0.4, -0.2) is 118 Å². The van der Waals surface area contributed by atoms with E-state index in [1.807, 2.05) is 0 Å². The first-order valence-electron chi connectivity index (χ1n) is 12.5. The monoisotopic (exact) mass is 579 g/mol. The molecule has 5 amide bonds. The molecule has 18 nitrogen and oxygen atoms in total. The fourth-order valence-electron chi connectivity index (χ4n) is 3.07. The molecule has 0 aliphatic rings. The van der Waals surface area contributed by atoms with Crippen LogP contribution in [0.25, 0.3) is 0 Å². The second kappa shape index (κ2) is 18.4. The van der Waals surface area contributed by atoms with E-state index < -0.39 is 97.4 Å². The summed E-state index contributed by atoms with van der Waals surface area (Å²) in [5.74, 6) is -7.47. The average molecular weight is 580 g/mol. The largest absolute Gasteiger partial charge is 0.481 e. The Morgan fingerprint density at radius 1 is 0.650 bits per heavy atom. The number of rotatable bonds is 19. The number of hydrogen-bond donors (Lipinski definition) is 11. The minimum atomic E-state index is -1.67. The van der Waals surface area contributed by atoms with Crippen molar-refractivity contribution in [2.75, 3.05) is 19.8 Å². The first kappa shape index (κ1) is 36.1. The quantitative estimate of drug-likeness (QED) is 0.0638. The third-order valence-corrected chi connectivity index (χ3v) is 5.53. The van der Waals surface area contributed by atoms with Gasteiger partial charge in [-0.15, -0.1) is 0 Å². The molecule has 0 bridgehead atoms. The van der Waals surface area contributed by atoms with Gasteiger partial charge in [-0.2, -0.15) is 0 Å². The predicted octanol–water partition coefficient (Wildman–Crippen LogP) is -6.98. The lowest BCUT2D eigenvalue weighted by Crippen LogP contribution is -2.70. The minimum absolute atomic E-state index is 0.0185. The number of hydrogen-bond acceptors (Lipinski definition) is 9. The summed E-state index contributed by atoms with van der Waals surface area (Å²) in [6.07, 6.45) is 0.0642. The molecule has 0 unspecified atom stereocenters. The van der Waals surface area contributed by atoms with E-state index in [-0.39, 0.29) is 6.42 Å². The predicted molar refractivity (Wildman–Crippen MR) is 133 cm³/mol. The molecule has 0 heterocycles. The van der Waals surface area contributed by atoms with Crippen LogP contribution in [0.1, 0.15) is 39.5 Å². The van der Waals surface area contributed by atoms with Crippen LogP contribution in [0.3, 0.4) is 0 Å². The number of carboxylic acids is 2. The Hall–Kier alpha value is -3.87. The molecule has 228 valence electrons. The van der Waals surface area contributed by atoms with Gasteiger partial charge in [-0.05, 0) is 33.1 Å². The molecule has 0 aromatic heterocycles. The number of quaternary nitrogens is 2. The summed E-state index contributed by atoms with van der Waals surface area (Å²) < 4.78 is 0. The van der Waals surface area contributed by atoms with E-state index in [4.69, 9.17) is 15.3 Å². The first-order chi connectivity index (χ1) is 18.7. The summed E-state index contributed by atoms with van der Waals surface area (Å²) in [6, 6.07) is -8.16. The standard InChI is InChI=1S/C22H39N7O11/c1-10(25-18(35)12(24)8-30)17(34)29-15(9-31)21(38)27-13(5-3-4-6-23)19(36)28-14(7-16(32)33)20(37)26-11(2)22(39)40/h10-15,30-31H,3-9,23-24H2,1-2H3,(H,25,35)(H,26,37)(H,27,38)(H,28,36)(H,29,34)(H,32,33)(H,39,40)/p+2/t10-,11-,12-,13-,14-,15-/m0/s1. The van der Waals surface area contributed by atoms with E-state index in [2.05, 4.69) is 38.1 Å². The highest BCUT2D eigenvalue weighted by Gasteiger charge is 2.32. The number of carboxylic acid groups (broad SMARTS) is 2. The molecule has 18 heteroatoms. The molecule has 0 aliphatic carbocycles. The van der Waals surface area contributed by atoms with Crippen LogP contribution in [0.2, 0.25) is 0 Å². The Balaban J connectivity index is 5.59. The Kier molecular flexibility index (Phi) is 16.6. The van der Waals surface area contributed by atoms with Crippen molar-refractivity contribution >= 4 is 41.5 Å². The summed E-state index contributed by atoms with van der Waals surface area (Å²) in [5.41, 5.74) is 7.08. The number of nitrogens with one attached hydrogen (secondary N) is 5. The Morgan fingerprint density at radius 3 is 1.65 bits per heavy atom. The van der Waals surface area contributed by atoms with Crippen molar-refractivity contribution in [2.24, 2.45) is 0 Å². The molecule has 0 spiro atoms. The average Bonchev–Trinajstić information content (AvgIpc) is 2.89. The van der Waals surface area contributed by atoms with Crippen molar-refractivity contribution in [1.82, 2.24) is 26.6 Å². The topological polar surface area (TPSA) is 316 Å². The van der Waals surface area contributed by atoms with E-state index in [1.165, 1.54) is 6.92 Å². The van der Waals surface area contributed by atoms with Crippen molar-refractivity contribution in [3.63, 3.8) is 0 Å². The smallest absolute Gasteiger partial charge is 0.325 e. The van der Waals surface area contributed by atoms with Gasteiger partial charge in [-0.25, -0.2) is 0 Å². The number of carbonyl (C=O) groups excluding carboxylic acids is 5.